The first-order chi connectivity index (χ1) is 17.9. The summed E-state index contributed by atoms with van der Waals surface area (Å²) in [7, 11) is 0. The van der Waals surface area contributed by atoms with Crippen molar-refractivity contribution < 1.29 is 19.1 Å². The van der Waals surface area contributed by atoms with Gasteiger partial charge in [-0.25, -0.2) is 0 Å². The summed E-state index contributed by atoms with van der Waals surface area (Å²) < 4.78 is 11.4. The van der Waals surface area contributed by atoms with Crippen molar-refractivity contribution in [3.63, 3.8) is 0 Å². The molecule has 2 aliphatic rings. The molecule has 3 aromatic carbocycles. The second-order valence-electron chi connectivity index (χ2n) is 9.00. The topological polar surface area (TPSA) is 79.9 Å². The third-order valence-corrected chi connectivity index (χ3v) is 7.10. The van der Waals surface area contributed by atoms with Crippen molar-refractivity contribution in [1.29, 1.82) is 0 Å². The van der Waals surface area contributed by atoms with Gasteiger partial charge in [0.25, 0.3) is 11.8 Å². The molecule has 0 saturated carbocycles. The minimum atomic E-state index is -1.25. The van der Waals surface area contributed by atoms with E-state index in [0.29, 0.717) is 65.6 Å². The Kier molecular flexibility index (Phi) is 7.29. The highest BCUT2D eigenvalue weighted by Crippen LogP contribution is 2.45. The summed E-state index contributed by atoms with van der Waals surface area (Å²) in [5.74, 6) is 0.0723. The molecule has 2 N–H and O–H groups in total. The molecule has 1 fully saturated rings. The minimum absolute atomic E-state index is 0.153. The molecular formula is C28H27Cl2N3O4. The van der Waals surface area contributed by atoms with Crippen molar-refractivity contribution in [3.05, 3.63) is 87.4 Å². The Morgan fingerprint density at radius 2 is 1.84 bits per heavy atom. The number of hydrogen-bond acceptors (Lipinski definition) is 5. The number of anilines is 2. The zero-order valence-electron chi connectivity index (χ0n) is 20.4. The zero-order chi connectivity index (χ0) is 26.0. The minimum Gasteiger partial charge on any atom is -0.492 e. The zero-order valence-corrected chi connectivity index (χ0v) is 21.9. The van der Waals surface area contributed by atoms with E-state index in [1.54, 1.807) is 41.3 Å². The maximum atomic E-state index is 13.8. The van der Waals surface area contributed by atoms with Crippen molar-refractivity contribution in [2.75, 3.05) is 43.5 Å². The number of amides is 2. The van der Waals surface area contributed by atoms with Crippen LogP contribution in [-0.2, 0) is 21.5 Å². The number of carbonyl (C=O) groups is 2. The van der Waals surface area contributed by atoms with Crippen LogP contribution in [0, 0.1) is 0 Å². The number of halogens is 2. The monoisotopic (exact) mass is 539 g/mol. The number of morpholine rings is 1. The van der Waals surface area contributed by atoms with Crippen LogP contribution in [0.15, 0.2) is 60.7 Å². The fourth-order valence-corrected chi connectivity index (χ4v) is 5.29. The van der Waals surface area contributed by atoms with Crippen molar-refractivity contribution in [2.24, 2.45) is 0 Å². The molecule has 2 aliphatic heterocycles. The van der Waals surface area contributed by atoms with Crippen molar-refractivity contribution >= 4 is 46.4 Å². The number of fused-ring (bicyclic) bond motifs is 1. The van der Waals surface area contributed by atoms with Gasteiger partial charge in [0.05, 0.1) is 31.1 Å². The summed E-state index contributed by atoms with van der Waals surface area (Å²) in [6.07, 6.45) is 0.277. The normalized spacial score (nSPS) is 18.8. The van der Waals surface area contributed by atoms with Crippen LogP contribution in [0.3, 0.4) is 0 Å². The maximum Gasteiger partial charge on any atom is 0.256 e. The Bertz CT molecular complexity index is 1340. The Hall–Kier alpha value is -3.26. The molecule has 3 aromatic rings. The Balaban J connectivity index is 1.65. The van der Waals surface area contributed by atoms with Crippen LogP contribution in [0.5, 0.6) is 5.75 Å². The molecule has 1 unspecified atom stereocenters. The van der Waals surface area contributed by atoms with E-state index in [2.05, 4.69) is 10.6 Å². The molecule has 2 heterocycles. The van der Waals surface area contributed by atoms with E-state index in [0.717, 1.165) is 11.1 Å². The summed E-state index contributed by atoms with van der Waals surface area (Å²) in [5.41, 5.74) is 1.82. The predicted molar refractivity (Wildman–Crippen MR) is 145 cm³/mol. The van der Waals surface area contributed by atoms with Crippen molar-refractivity contribution in [1.82, 2.24) is 4.90 Å². The van der Waals surface area contributed by atoms with E-state index in [4.69, 9.17) is 32.7 Å². The van der Waals surface area contributed by atoms with Gasteiger partial charge in [-0.05, 0) is 48.9 Å². The van der Waals surface area contributed by atoms with Crippen LogP contribution in [-0.4, -0.2) is 49.6 Å². The molecule has 192 valence electrons. The lowest BCUT2D eigenvalue weighted by molar-refractivity contribution is -0.119. The van der Waals surface area contributed by atoms with Gasteiger partial charge in [-0.1, -0.05) is 47.5 Å². The Morgan fingerprint density at radius 3 is 2.59 bits per heavy atom. The molecule has 1 atom stereocenters. The van der Waals surface area contributed by atoms with Gasteiger partial charge in [0.1, 0.15) is 11.3 Å². The smallest absolute Gasteiger partial charge is 0.256 e. The van der Waals surface area contributed by atoms with Crippen LogP contribution in [0.25, 0.3) is 0 Å². The first-order valence-corrected chi connectivity index (χ1v) is 12.9. The number of benzene rings is 3. The van der Waals surface area contributed by atoms with E-state index in [-0.39, 0.29) is 18.2 Å². The molecule has 7 nitrogen and oxygen atoms in total. The first-order valence-electron chi connectivity index (χ1n) is 12.2. The number of nitrogens with zero attached hydrogens (tertiary/aromatic N) is 1. The maximum absolute atomic E-state index is 13.8. The molecule has 1 saturated heterocycles. The summed E-state index contributed by atoms with van der Waals surface area (Å²) in [6.45, 7) is 4.22. The number of ether oxygens (including phenoxy) is 2. The summed E-state index contributed by atoms with van der Waals surface area (Å²) in [6, 6.07) is 18.0. The fourth-order valence-electron chi connectivity index (χ4n) is 4.90. The first kappa shape index (κ1) is 25.4. The average molecular weight is 540 g/mol. The molecule has 0 radical (unpaired) electrons. The van der Waals surface area contributed by atoms with Gasteiger partial charge >= 0.3 is 0 Å². The van der Waals surface area contributed by atoms with E-state index >= 15 is 0 Å². The number of nitrogens with one attached hydrogen (secondary N) is 2. The van der Waals surface area contributed by atoms with Gasteiger partial charge in [-0.15, -0.1) is 0 Å². The lowest BCUT2D eigenvalue weighted by atomic mass is 9.84. The molecule has 9 heteroatoms. The van der Waals surface area contributed by atoms with Crippen LogP contribution in [0.2, 0.25) is 10.0 Å². The summed E-state index contributed by atoms with van der Waals surface area (Å²) in [5, 5.41) is 7.54. The highest BCUT2D eigenvalue weighted by molar-refractivity contribution is 6.31. The number of hydrogen-bond donors (Lipinski definition) is 2. The molecule has 37 heavy (non-hydrogen) atoms. The average Bonchev–Trinajstić information content (AvgIpc) is 3.15. The van der Waals surface area contributed by atoms with Crippen LogP contribution in [0.1, 0.15) is 28.4 Å². The highest BCUT2D eigenvalue weighted by atomic mass is 35.5. The van der Waals surface area contributed by atoms with Crippen molar-refractivity contribution in [3.8, 4) is 5.75 Å². The number of para-hydroxylation sites is 1. The van der Waals surface area contributed by atoms with E-state index in [1.165, 1.54) is 0 Å². The lowest BCUT2D eigenvalue weighted by Crippen LogP contribution is -2.45. The Labute approximate surface area is 225 Å². The van der Waals surface area contributed by atoms with E-state index in [9.17, 15) is 9.59 Å². The van der Waals surface area contributed by atoms with Gasteiger partial charge in [0.15, 0.2) is 0 Å². The summed E-state index contributed by atoms with van der Waals surface area (Å²) in [4.78, 5) is 29.2. The highest BCUT2D eigenvalue weighted by Gasteiger charge is 2.48. The van der Waals surface area contributed by atoms with Crippen LogP contribution < -0.4 is 15.4 Å². The third-order valence-electron chi connectivity index (χ3n) is 6.63. The van der Waals surface area contributed by atoms with Gasteiger partial charge in [-0.2, -0.15) is 0 Å². The second-order valence-corrected chi connectivity index (χ2v) is 9.87. The molecule has 5 rings (SSSR count). The molecule has 2 amide bonds. The molecular weight excluding hydrogens is 513 g/mol. The molecule has 0 aliphatic carbocycles. The third kappa shape index (κ3) is 4.99. The quantitative estimate of drug-likeness (QED) is 0.422. The van der Waals surface area contributed by atoms with Gasteiger partial charge < -0.3 is 25.0 Å². The summed E-state index contributed by atoms with van der Waals surface area (Å²) >= 11 is 12.5. The standard InChI is InChI=1S/C28H27Cl2N3O4/c1-2-37-24-8-4-7-21(26(34)33-11-13-36-14-12-33)25(24)32-28(17-18-5-3-6-19(29)15-18)22-10-9-20(30)16-23(22)31-27(28)35/h3-10,15-16,32H,2,11-14,17H2,1H3,(H,31,35). The Morgan fingerprint density at radius 1 is 1.08 bits per heavy atom. The van der Waals surface area contributed by atoms with Crippen LogP contribution in [0.4, 0.5) is 11.4 Å². The van der Waals surface area contributed by atoms with Gasteiger partial charge in [0, 0.05) is 40.8 Å². The fraction of sp³-hybridized carbons (Fsp3) is 0.286. The lowest BCUT2D eigenvalue weighted by Gasteiger charge is -2.33. The number of rotatable bonds is 7. The largest absolute Gasteiger partial charge is 0.492 e. The van der Waals surface area contributed by atoms with Gasteiger partial charge in [-0.3, -0.25) is 9.59 Å². The van der Waals surface area contributed by atoms with Crippen LogP contribution >= 0.6 is 23.2 Å². The molecule has 0 spiro atoms. The SMILES string of the molecule is CCOc1cccc(C(=O)N2CCOCC2)c1NC1(Cc2cccc(Cl)c2)C(=O)Nc2cc(Cl)ccc21. The second kappa shape index (κ2) is 10.6. The van der Waals surface area contributed by atoms with Crippen molar-refractivity contribution in [2.45, 2.75) is 18.9 Å². The molecule has 0 aromatic heterocycles. The number of carbonyl (C=O) groups excluding carboxylic acids is 2. The predicted octanol–water partition coefficient (Wildman–Crippen LogP) is 5.37. The van der Waals surface area contributed by atoms with E-state index in [1.807, 2.05) is 31.2 Å². The molecule has 0 bridgehead atoms. The van der Waals surface area contributed by atoms with E-state index < -0.39 is 5.54 Å². The van der Waals surface area contributed by atoms with Gasteiger partial charge in [0.2, 0.25) is 0 Å².